The number of benzene rings is 1. The lowest BCUT2D eigenvalue weighted by atomic mass is 9.80. The molecular weight excluding hydrogens is 293 g/mol. The van der Waals surface area contributed by atoms with Crippen LogP contribution in [0.5, 0.6) is 5.75 Å². The lowest BCUT2D eigenvalue weighted by molar-refractivity contribution is 0.219. The van der Waals surface area contributed by atoms with Gasteiger partial charge in [0.05, 0.1) is 11.5 Å². The van der Waals surface area contributed by atoms with E-state index in [1.807, 2.05) is 0 Å². The SMILES string of the molecule is O=S1(=O)CCCN(CCOc2ccc(B(O)O)cc2)CC1. The zero-order valence-electron chi connectivity index (χ0n) is 11.8. The molecule has 6 nitrogen and oxygen atoms in total. The van der Waals surface area contributed by atoms with Gasteiger partial charge in [-0.2, -0.15) is 0 Å². The van der Waals surface area contributed by atoms with Gasteiger partial charge in [-0.25, -0.2) is 8.42 Å². The molecule has 2 N–H and O–H groups in total. The summed E-state index contributed by atoms with van der Waals surface area (Å²) < 4.78 is 28.6. The summed E-state index contributed by atoms with van der Waals surface area (Å²) in [6, 6.07) is 6.56. The predicted octanol–water partition coefficient (Wildman–Crippen LogP) is -1.13. The monoisotopic (exact) mass is 313 g/mol. The van der Waals surface area contributed by atoms with Crippen LogP contribution in [0.1, 0.15) is 6.42 Å². The first-order chi connectivity index (χ1) is 9.96. The number of nitrogens with zero attached hydrogens (tertiary/aromatic N) is 1. The van der Waals surface area contributed by atoms with Crippen molar-refractivity contribution in [1.82, 2.24) is 4.90 Å². The summed E-state index contributed by atoms with van der Waals surface area (Å²) >= 11 is 0. The van der Waals surface area contributed by atoms with Crippen molar-refractivity contribution in [2.45, 2.75) is 6.42 Å². The smallest absolute Gasteiger partial charge is 0.488 e. The van der Waals surface area contributed by atoms with Gasteiger partial charge in [-0.05, 0) is 30.6 Å². The number of rotatable bonds is 5. The summed E-state index contributed by atoms with van der Waals surface area (Å²) in [5.74, 6) is 1.15. The molecule has 1 aliphatic heterocycles. The lowest BCUT2D eigenvalue weighted by Crippen LogP contribution is -2.31. The van der Waals surface area contributed by atoms with Gasteiger partial charge in [0.1, 0.15) is 12.4 Å². The third-order valence-corrected chi connectivity index (χ3v) is 5.22. The minimum absolute atomic E-state index is 0.218. The molecule has 0 bridgehead atoms. The second-order valence-corrected chi connectivity index (χ2v) is 7.44. The molecule has 0 aliphatic carbocycles. The molecule has 0 spiro atoms. The number of ether oxygens (including phenoxy) is 1. The molecule has 0 atom stereocenters. The van der Waals surface area contributed by atoms with Gasteiger partial charge < -0.3 is 14.8 Å². The average Bonchev–Trinajstić information content (AvgIpc) is 2.61. The Balaban J connectivity index is 1.76. The van der Waals surface area contributed by atoms with Gasteiger partial charge in [0.15, 0.2) is 9.84 Å². The number of hydrogen-bond acceptors (Lipinski definition) is 6. The van der Waals surface area contributed by atoms with Gasteiger partial charge in [0.25, 0.3) is 0 Å². The molecular formula is C13H20BNO5S. The van der Waals surface area contributed by atoms with Crippen molar-refractivity contribution in [2.75, 3.05) is 37.7 Å². The summed E-state index contributed by atoms with van der Waals surface area (Å²) in [4.78, 5) is 2.09. The van der Waals surface area contributed by atoms with Crippen LogP contribution in [0.2, 0.25) is 0 Å². The van der Waals surface area contributed by atoms with Gasteiger partial charge in [-0.3, -0.25) is 4.90 Å². The van der Waals surface area contributed by atoms with Crippen molar-refractivity contribution in [2.24, 2.45) is 0 Å². The van der Waals surface area contributed by atoms with Gasteiger partial charge in [-0.1, -0.05) is 12.1 Å². The summed E-state index contributed by atoms with van der Waals surface area (Å²) in [5, 5.41) is 18.0. The Labute approximate surface area is 125 Å². The second kappa shape index (κ2) is 7.26. The van der Waals surface area contributed by atoms with Gasteiger partial charge in [0, 0.05) is 13.1 Å². The molecule has 2 rings (SSSR count). The average molecular weight is 313 g/mol. The molecule has 0 amide bonds. The van der Waals surface area contributed by atoms with Crippen molar-refractivity contribution < 1.29 is 23.2 Å². The van der Waals surface area contributed by atoms with E-state index in [1.54, 1.807) is 24.3 Å². The van der Waals surface area contributed by atoms with Gasteiger partial charge >= 0.3 is 7.12 Å². The van der Waals surface area contributed by atoms with Crippen LogP contribution in [0.4, 0.5) is 0 Å². The van der Waals surface area contributed by atoms with Crippen LogP contribution in [0.15, 0.2) is 24.3 Å². The summed E-state index contributed by atoms with van der Waals surface area (Å²) in [6.45, 7) is 2.49. The van der Waals surface area contributed by atoms with Crippen LogP contribution >= 0.6 is 0 Å². The van der Waals surface area contributed by atoms with Crippen LogP contribution < -0.4 is 10.2 Å². The maximum Gasteiger partial charge on any atom is 0.488 e. The third kappa shape index (κ3) is 5.31. The molecule has 8 heteroatoms. The Kier molecular flexibility index (Phi) is 5.63. The fraction of sp³-hybridized carbons (Fsp3) is 0.538. The molecule has 1 aliphatic rings. The Hall–Kier alpha value is -1.09. The van der Waals surface area contributed by atoms with E-state index < -0.39 is 17.0 Å². The number of hydrogen-bond donors (Lipinski definition) is 2. The first kappa shape index (κ1) is 16.3. The predicted molar refractivity (Wildman–Crippen MR) is 81.5 cm³/mol. The molecule has 1 saturated heterocycles. The van der Waals surface area contributed by atoms with Crippen molar-refractivity contribution >= 4 is 22.4 Å². The van der Waals surface area contributed by atoms with Crippen LogP contribution in [0.25, 0.3) is 0 Å². The molecule has 1 aromatic rings. The first-order valence-electron chi connectivity index (χ1n) is 6.98. The molecule has 0 radical (unpaired) electrons. The zero-order chi connectivity index (χ0) is 15.3. The quantitative estimate of drug-likeness (QED) is 0.669. The topological polar surface area (TPSA) is 87.1 Å². The van der Waals surface area contributed by atoms with E-state index in [0.29, 0.717) is 37.3 Å². The van der Waals surface area contributed by atoms with Gasteiger partial charge in [-0.15, -0.1) is 0 Å². The van der Waals surface area contributed by atoms with E-state index in [9.17, 15) is 8.42 Å². The highest BCUT2D eigenvalue weighted by molar-refractivity contribution is 7.91. The fourth-order valence-electron chi connectivity index (χ4n) is 2.24. The van der Waals surface area contributed by atoms with E-state index in [2.05, 4.69) is 4.90 Å². The van der Waals surface area contributed by atoms with Crippen molar-refractivity contribution in [3.63, 3.8) is 0 Å². The summed E-state index contributed by atoms with van der Waals surface area (Å²) in [6.07, 6.45) is 0.672. The second-order valence-electron chi connectivity index (χ2n) is 5.14. The van der Waals surface area contributed by atoms with E-state index in [4.69, 9.17) is 14.8 Å². The molecule has 1 heterocycles. The van der Waals surface area contributed by atoms with E-state index in [0.717, 1.165) is 6.54 Å². The normalized spacial score (nSPS) is 19.0. The molecule has 21 heavy (non-hydrogen) atoms. The molecule has 1 fully saturated rings. The first-order valence-corrected chi connectivity index (χ1v) is 8.80. The van der Waals surface area contributed by atoms with Crippen LogP contribution in [-0.2, 0) is 9.84 Å². The van der Waals surface area contributed by atoms with E-state index in [1.165, 1.54) is 0 Å². The minimum atomic E-state index is -2.87. The molecule has 116 valence electrons. The Bertz CT molecular complexity index is 546. The van der Waals surface area contributed by atoms with Crippen molar-refractivity contribution in [3.05, 3.63) is 24.3 Å². The van der Waals surface area contributed by atoms with Crippen LogP contribution in [-0.4, -0.2) is 68.2 Å². The maximum atomic E-state index is 11.5. The third-order valence-electron chi connectivity index (χ3n) is 3.50. The van der Waals surface area contributed by atoms with Gasteiger partial charge in [0.2, 0.25) is 0 Å². The van der Waals surface area contributed by atoms with Crippen molar-refractivity contribution in [3.8, 4) is 5.75 Å². The minimum Gasteiger partial charge on any atom is -0.492 e. The zero-order valence-corrected chi connectivity index (χ0v) is 12.6. The highest BCUT2D eigenvalue weighted by Crippen LogP contribution is 2.09. The highest BCUT2D eigenvalue weighted by Gasteiger charge is 2.18. The standard InChI is InChI=1S/C13H20BNO5S/c16-14(17)12-2-4-13(5-3-12)20-9-7-15-6-1-10-21(18,19)11-8-15/h2-5,16-17H,1,6-11H2. The van der Waals surface area contributed by atoms with Crippen LogP contribution in [0.3, 0.4) is 0 Å². The largest absolute Gasteiger partial charge is 0.492 e. The Morgan fingerprint density at radius 1 is 1.14 bits per heavy atom. The van der Waals surface area contributed by atoms with Crippen molar-refractivity contribution in [1.29, 1.82) is 0 Å². The molecule has 0 saturated carbocycles. The Morgan fingerprint density at radius 2 is 1.86 bits per heavy atom. The molecule has 1 aromatic carbocycles. The summed E-state index contributed by atoms with van der Waals surface area (Å²) in [5.41, 5.74) is 0.417. The number of sulfone groups is 1. The summed E-state index contributed by atoms with van der Waals surface area (Å²) in [7, 11) is -4.35. The maximum absolute atomic E-state index is 11.5. The molecule has 0 unspecified atom stereocenters. The van der Waals surface area contributed by atoms with E-state index >= 15 is 0 Å². The fourth-order valence-corrected chi connectivity index (χ4v) is 3.55. The Morgan fingerprint density at radius 3 is 2.52 bits per heavy atom. The van der Waals surface area contributed by atoms with E-state index in [-0.39, 0.29) is 11.5 Å². The molecule has 0 aromatic heterocycles. The van der Waals surface area contributed by atoms with Crippen LogP contribution in [0, 0.1) is 0 Å². The lowest BCUT2D eigenvalue weighted by Gasteiger charge is -2.19. The highest BCUT2D eigenvalue weighted by atomic mass is 32.2.